The third-order valence-corrected chi connectivity index (χ3v) is 9.46. The molecule has 1 aliphatic carbocycles. The number of benzene rings is 2. The lowest BCUT2D eigenvalue weighted by Gasteiger charge is -2.38. The van der Waals surface area contributed by atoms with E-state index in [9.17, 15) is 24.0 Å². The topological polar surface area (TPSA) is 107 Å². The number of carbonyl (C=O) groups excluding carboxylic acids is 5. The molecule has 3 aliphatic heterocycles. The Kier molecular flexibility index (Phi) is 7.92. The average molecular weight is 621 g/mol. The van der Waals surface area contributed by atoms with E-state index >= 15 is 4.39 Å². The standard InChI is InChI=1S/C33H34ClFN4O5/c1-33(2)10-9-20(25(17-33)19-3-5-21(34)6-4-19)18-37-11-13-38(14-12-37)30(42)24-15-22-23(16-26(24)35)32(44)39(31(22)43)27-7-8-28(40)36-29(27)41/h3-6,15-16,27H,7-14,17-18H2,1-2H3,(H,36,40,41). The van der Waals surface area contributed by atoms with Crippen LogP contribution in [0, 0.1) is 11.2 Å². The third kappa shape index (κ3) is 5.68. The number of piperazine rings is 1. The SMILES string of the molecule is CC1(C)CCC(CN2CCN(C(=O)c3cc4c(cc3F)C(=O)N(C3CCC(=O)NC3=O)C4=O)CC2)=C(c2ccc(Cl)cc2)C1. The van der Waals surface area contributed by atoms with Crippen molar-refractivity contribution in [1.29, 1.82) is 0 Å². The fourth-order valence-corrected chi connectivity index (χ4v) is 6.79. The van der Waals surface area contributed by atoms with Crippen LogP contribution in [0.5, 0.6) is 0 Å². The van der Waals surface area contributed by atoms with E-state index in [1.807, 2.05) is 12.1 Å². The van der Waals surface area contributed by atoms with Crippen molar-refractivity contribution in [3.8, 4) is 0 Å². The Morgan fingerprint density at radius 2 is 1.64 bits per heavy atom. The van der Waals surface area contributed by atoms with Crippen molar-refractivity contribution in [3.63, 3.8) is 0 Å². The molecular weight excluding hydrogens is 587 g/mol. The highest BCUT2D eigenvalue weighted by atomic mass is 35.5. The van der Waals surface area contributed by atoms with Crippen LogP contribution < -0.4 is 5.32 Å². The maximum absolute atomic E-state index is 15.2. The van der Waals surface area contributed by atoms with Crippen LogP contribution in [0.3, 0.4) is 0 Å². The summed E-state index contributed by atoms with van der Waals surface area (Å²) >= 11 is 6.14. The summed E-state index contributed by atoms with van der Waals surface area (Å²) < 4.78 is 15.2. The third-order valence-electron chi connectivity index (χ3n) is 9.21. The van der Waals surface area contributed by atoms with Gasteiger partial charge in [0.15, 0.2) is 0 Å². The predicted octanol–water partition coefficient (Wildman–Crippen LogP) is 4.30. The van der Waals surface area contributed by atoms with Crippen LogP contribution in [0.25, 0.3) is 5.57 Å². The second-order valence-electron chi connectivity index (χ2n) is 12.8. The molecule has 2 aromatic rings. The first kappa shape index (κ1) is 30.1. The largest absolute Gasteiger partial charge is 0.336 e. The molecule has 0 saturated carbocycles. The Hall–Kier alpha value is -3.89. The number of halogens is 2. The van der Waals surface area contributed by atoms with Gasteiger partial charge in [-0.05, 0) is 66.5 Å². The van der Waals surface area contributed by atoms with Gasteiger partial charge in [0.2, 0.25) is 11.8 Å². The molecule has 2 saturated heterocycles. The van der Waals surface area contributed by atoms with E-state index in [1.165, 1.54) is 16.7 Å². The van der Waals surface area contributed by atoms with Crippen molar-refractivity contribution >= 4 is 46.7 Å². The molecule has 2 fully saturated rings. The van der Waals surface area contributed by atoms with Gasteiger partial charge < -0.3 is 4.90 Å². The second kappa shape index (κ2) is 11.6. The average Bonchev–Trinajstić information content (AvgIpc) is 3.22. The Morgan fingerprint density at radius 1 is 0.977 bits per heavy atom. The molecule has 1 atom stereocenters. The molecule has 0 aromatic heterocycles. The molecule has 1 unspecified atom stereocenters. The number of hydrogen-bond acceptors (Lipinski definition) is 6. The summed E-state index contributed by atoms with van der Waals surface area (Å²) in [5.41, 5.74) is 3.52. The number of rotatable bonds is 5. The molecule has 1 N–H and O–H groups in total. The molecule has 2 aromatic carbocycles. The Labute approximate surface area is 260 Å². The van der Waals surface area contributed by atoms with Crippen LogP contribution in [0.15, 0.2) is 42.0 Å². The number of amides is 5. The summed E-state index contributed by atoms with van der Waals surface area (Å²) in [6.45, 7) is 7.37. The summed E-state index contributed by atoms with van der Waals surface area (Å²) in [7, 11) is 0. The van der Waals surface area contributed by atoms with Gasteiger partial charge in [-0.1, -0.05) is 43.2 Å². The number of hydrogen-bond donors (Lipinski definition) is 1. The summed E-state index contributed by atoms with van der Waals surface area (Å²) in [5, 5.41) is 2.84. The molecule has 3 heterocycles. The number of fused-ring (bicyclic) bond motifs is 1. The minimum absolute atomic E-state index is 0.00939. The van der Waals surface area contributed by atoms with E-state index in [2.05, 4.69) is 36.2 Å². The lowest BCUT2D eigenvalue weighted by Crippen LogP contribution is -2.54. The van der Waals surface area contributed by atoms with E-state index in [4.69, 9.17) is 11.6 Å². The van der Waals surface area contributed by atoms with Crippen LogP contribution in [0.1, 0.15) is 82.6 Å². The first-order chi connectivity index (χ1) is 20.9. The van der Waals surface area contributed by atoms with E-state index < -0.39 is 41.4 Å². The molecular formula is C33H34ClFN4O5. The zero-order valence-electron chi connectivity index (χ0n) is 24.8. The van der Waals surface area contributed by atoms with Crippen molar-refractivity contribution in [2.45, 2.75) is 52.0 Å². The number of carbonyl (C=O) groups is 5. The van der Waals surface area contributed by atoms with Gasteiger partial charge in [-0.25, -0.2) is 4.39 Å². The van der Waals surface area contributed by atoms with Gasteiger partial charge in [0.25, 0.3) is 17.7 Å². The molecule has 230 valence electrons. The quantitative estimate of drug-likeness (QED) is 0.500. The first-order valence-electron chi connectivity index (χ1n) is 15.0. The molecule has 5 amide bonds. The maximum atomic E-state index is 15.2. The normalized spacial score (nSPS) is 22.4. The Balaban J connectivity index is 1.15. The van der Waals surface area contributed by atoms with Gasteiger partial charge in [-0.2, -0.15) is 0 Å². The Bertz CT molecular complexity index is 1610. The molecule has 6 rings (SSSR count). The molecule has 4 aliphatic rings. The number of allylic oxidation sites excluding steroid dienone is 1. The number of nitrogens with one attached hydrogen (secondary N) is 1. The van der Waals surface area contributed by atoms with Gasteiger partial charge in [0, 0.05) is 44.2 Å². The molecule has 0 bridgehead atoms. The summed E-state index contributed by atoms with van der Waals surface area (Å²) in [5.74, 6) is -4.28. The predicted molar refractivity (Wildman–Crippen MR) is 161 cm³/mol. The number of piperidine rings is 1. The monoisotopic (exact) mass is 620 g/mol. The van der Waals surface area contributed by atoms with Gasteiger partial charge in [-0.15, -0.1) is 0 Å². The van der Waals surface area contributed by atoms with Crippen LogP contribution >= 0.6 is 11.6 Å². The smallest absolute Gasteiger partial charge is 0.262 e. The van der Waals surface area contributed by atoms with E-state index in [0.717, 1.165) is 42.8 Å². The lowest BCUT2D eigenvalue weighted by atomic mass is 9.72. The van der Waals surface area contributed by atoms with Crippen molar-refractivity contribution < 1.29 is 28.4 Å². The van der Waals surface area contributed by atoms with Crippen molar-refractivity contribution in [1.82, 2.24) is 20.0 Å². The Morgan fingerprint density at radius 3 is 2.30 bits per heavy atom. The molecule has 0 spiro atoms. The lowest BCUT2D eigenvalue weighted by molar-refractivity contribution is -0.136. The molecule has 0 radical (unpaired) electrons. The van der Waals surface area contributed by atoms with Crippen molar-refractivity contribution in [2.75, 3.05) is 32.7 Å². The molecule has 11 heteroatoms. The molecule has 9 nitrogen and oxygen atoms in total. The fourth-order valence-electron chi connectivity index (χ4n) is 6.67. The zero-order chi connectivity index (χ0) is 31.3. The highest BCUT2D eigenvalue weighted by Crippen LogP contribution is 2.43. The van der Waals surface area contributed by atoms with Crippen LogP contribution in [-0.2, 0) is 9.59 Å². The van der Waals surface area contributed by atoms with Gasteiger partial charge >= 0.3 is 0 Å². The maximum Gasteiger partial charge on any atom is 0.262 e. The van der Waals surface area contributed by atoms with E-state index in [1.54, 1.807) is 4.90 Å². The first-order valence-corrected chi connectivity index (χ1v) is 15.3. The summed E-state index contributed by atoms with van der Waals surface area (Å²) in [6, 6.07) is 8.84. The van der Waals surface area contributed by atoms with Gasteiger partial charge in [0.1, 0.15) is 11.9 Å². The summed E-state index contributed by atoms with van der Waals surface area (Å²) in [6.07, 6.45) is 3.03. The summed E-state index contributed by atoms with van der Waals surface area (Å²) in [4.78, 5) is 68.2. The van der Waals surface area contributed by atoms with E-state index in [-0.39, 0.29) is 34.9 Å². The highest BCUT2D eigenvalue weighted by molar-refractivity contribution is 6.30. The van der Waals surface area contributed by atoms with E-state index in [0.29, 0.717) is 31.2 Å². The van der Waals surface area contributed by atoms with Crippen molar-refractivity contribution in [2.24, 2.45) is 5.41 Å². The van der Waals surface area contributed by atoms with Crippen LogP contribution in [0.2, 0.25) is 5.02 Å². The second-order valence-corrected chi connectivity index (χ2v) is 13.3. The molecule has 44 heavy (non-hydrogen) atoms. The number of imide groups is 2. The highest BCUT2D eigenvalue weighted by Gasteiger charge is 2.45. The van der Waals surface area contributed by atoms with Crippen LogP contribution in [-0.4, -0.2) is 83.0 Å². The minimum Gasteiger partial charge on any atom is -0.336 e. The van der Waals surface area contributed by atoms with Gasteiger partial charge in [-0.3, -0.25) is 39.1 Å². The van der Waals surface area contributed by atoms with Gasteiger partial charge in [0.05, 0.1) is 16.7 Å². The fraction of sp³-hybridized carbons (Fsp3) is 0.424. The van der Waals surface area contributed by atoms with Crippen LogP contribution in [0.4, 0.5) is 4.39 Å². The number of nitrogens with zero attached hydrogens (tertiary/aromatic N) is 3. The zero-order valence-corrected chi connectivity index (χ0v) is 25.5. The minimum atomic E-state index is -1.17. The van der Waals surface area contributed by atoms with Crippen molar-refractivity contribution in [3.05, 3.63) is 75.1 Å².